The summed E-state index contributed by atoms with van der Waals surface area (Å²) in [6.45, 7) is 3.90. The number of carbonyl (C=O) groups excluding carboxylic acids is 1. The first-order valence-electron chi connectivity index (χ1n) is 12.3. The highest BCUT2D eigenvalue weighted by Crippen LogP contribution is 2.30. The summed E-state index contributed by atoms with van der Waals surface area (Å²) in [5, 5.41) is 8.60. The Kier molecular flexibility index (Phi) is 7.21. The van der Waals surface area contributed by atoms with Crippen molar-refractivity contribution in [2.75, 3.05) is 43.0 Å². The van der Waals surface area contributed by atoms with Gasteiger partial charge in [-0.3, -0.25) is 14.8 Å². The molecule has 0 unspecified atom stereocenters. The Morgan fingerprint density at radius 1 is 0.846 bits per heavy atom. The van der Waals surface area contributed by atoms with E-state index in [4.69, 9.17) is 4.74 Å². The van der Waals surface area contributed by atoms with Gasteiger partial charge in [0.05, 0.1) is 18.1 Å². The first-order valence-corrected chi connectivity index (χ1v) is 13.5. The summed E-state index contributed by atoms with van der Waals surface area (Å²) in [4.78, 5) is 33.5. The fourth-order valence-corrected chi connectivity index (χ4v) is 4.77. The Hall–Kier alpha value is -4.44. The summed E-state index contributed by atoms with van der Waals surface area (Å²) < 4.78 is 5.55. The monoisotopic (exact) mass is 539 g/mol. The Balaban J connectivity index is 1.44. The zero-order valence-electron chi connectivity index (χ0n) is 22.7. The van der Waals surface area contributed by atoms with Crippen molar-refractivity contribution in [3.63, 3.8) is 0 Å². The van der Waals surface area contributed by atoms with Gasteiger partial charge >= 0.3 is 0 Å². The van der Waals surface area contributed by atoms with Crippen LogP contribution in [0, 0.1) is 13.8 Å². The van der Waals surface area contributed by atoms with E-state index in [2.05, 4.69) is 30.6 Å². The van der Waals surface area contributed by atoms with Crippen molar-refractivity contribution < 1.29 is 9.53 Å². The van der Waals surface area contributed by atoms with E-state index in [0.29, 0.717) is 16.7 Å². The van der Waals surface area contributed by atoms with Gasteiger partial charge in [-0.25, -0.2) is 9.97 Å². The van der Waals surface area contributed by atoms with Gasteiger partial charge in [0, 0.05) is 65.5 Å². The number of methoxy groups -OCH3 is 1. The molecule has 0 radical (unpaired) electrons. The van der Waals surface area contributed by atoms with Gasteiger partial charge in [-0.1, -0.05) is 11.8 Å². The lowest BCUT2D eigenvalue weighted by atomic mass is 10.1. The number of aromatic nitrogens is 4. The van der Waals surface area contributed by atoms with E-state index in [1.165, 1.54) is 11.8 Å². The molecule has 9 nitrogen and oxygen atoms in total. The van der Waals surface area contributed by atoms with E-state index in [9.17, 15) is 4.79 Å². The lowest BCUT2D eigenvalue weighted by molar-refractivity contribution is 0.102. The molecular formula is C29H29N7O2S. The van der Waals surface area contributed by atoms with Gasteiger partial charge in [-0.15, -0.1) is 0 Å². The highest BCUT2D eigenvalue weighted by atomic mass is 32.2. The number of fused-ring (bicyclic) bond motifs is 2. The van der Waals surface area contributed by atoms with Crippen LogP contribution >= 0.6 is 11.8 Å². The molecule has 2 N–H and O–H groups in total. The van der Waals surface area contributed by atoms with Crippen molar-refractivity contribution in [1.29, 1.82) is 0 Å². The third kappa shape index (κ3) is 5.56. The Labute approximate surface area is 231 Å². The van der Waals surface area contributed by atoms with Crippen molar-refractivity contribution in [3.8, 4) is 5.75 Å². The van der Waals surface area contributed by atoms with Crippen LogP contribution in [0.25, 0.3) is 21.8 Å². The van der Waals surface area contributed by atoms with E-state index in [1.54, 1.807) is 13.2 Å². The smallest absolute Gasteiger partial charge is 0.274 e. The predicted octanol–water partition coefficient (Wildman–Crippen LogP) is 5.98. The number of benzene rings is 2. The molecule has 2 aromatic carbocycles. The normalized spacial score (nSPS) is 11.0. The third-order valence-corrected chi connectivity index (χ3v) is 6.71. The van der Waals surface area contributed by atoms with Gasteiger partial charge < -0.3 is 20.3 Å². The maximum Gasteiger partial charge on any atom is 0.274 e. The molecule has 3 heterocycles. The van der Waals surface area contributed by atoms with E-state index in [-0.39, 0.29) is 11.6 Å². The zero-order valence-corrected chi connectivity index (χ0v) is 23.5. The lowest BCUT2D eigenvalue weighted by Crippen LogP contribution is -2.15. The summed E-state index contributed by atoms with van der Waals surface area (Å²) in [5.74, 6) is 0.916. The minimum Gasteiger partial charge on any atom is -0.496 e. The summed E-state index contributed by atoms with van der Waals surface area (Å²) in [7, 11) is 5.62. The van der Waals surface area contributed by atoms with Gasteiger partial charge in [0.25, 0.3) is 5.91 Å². The number of ether oxygens (including phenoxy) is 1. The molecule has 0 aliphatic heterocycles. The second-order valence-corrected chi connectivity index (χ2v) is 10.1. The summed E-state index contributed by atoms with van der Waals surface area (Å²) in [6.07, 6.45) is 1.87. The number of hydrogen-bond donors (Lipinski definition) is 2. The van der Waals surface area contributed by atoms with Crippen molar-refractivity contribution in [2.24, 2.45) is 0 Å². The number of thioether (sulfide) groups is 1. The van der Waals surface area contributed by atoms with E-state index in [0.717, 1.165) is 50.3 Å². The van der Waals surface area contributed by atoms with Crippen LogP contribution in [-0.2, 0) is 0 Å². The summed E-state index contributed by atoms with van der Waals surface area (Å²) in [5.41, 5.74) is 6.25. The molecule has 1 amide bonds. The maximum absolute atomic E-state index is 13.3. The number of amides is 1. The molecule has 10 heteroatoms. The number of nitrogens with one attached hydrogen (secondary N) is 2. The Morgan fingerprint density at radius 2 is 1.51 bits per heavy atom. The van der Waals surface area contributed by atoms with Crippen LogP contribution in [0.1, 0.15) is 21.9 Å². The lowest BCUT2D eigenvalue weighted by Gasteiger charge is -2.17. The average Bonchev–Trinajstić information content (AvgIpc) is 2.92. The molecule has 0 saturated carbocycles. The summed E-state index contributed by atoms with van der Waals surface area (Å²) >= 11 is 1.36. The zero-order chi connectivity index (χ0) is 27.7. The highest BCUT2D eigenvalue weighted by Gasteiger charge is 2.15. The molecule has 0 aliphatic rings. The van der Waals surface area contributed by atoms with Crippen molar-refractivity contribution in [1.82, 2.24) is 19.9 Å². The van der Waals surface area contributed by atoms with Crippen LogP contribution < -0.4 is 20.3 Å². The molecule has 0 atom stereocenters. The largest absolute Gasteiger partial charge is 0.496 e. The first kappa shape index (κ1) is 26.2. The molecule has 0 spiro atoms. The SMILES string of the molecule is COc1cc(C)nc2ccc(Nc3cc(C(=O)Nc4ccc5nc(C)cc(N(C)C)c5c4)nc(SC)n3)cc12. The van der Waals surface area contributed by atoms with Gasteiger partial charge in [0.1, 0.15) is 17.3 Å². The van der Waals surface area contributed by atoms with E-state index >= 15 is 0 Å². The Morgan fingerprint density at radius 3 is 2.21 bits per heavy atom. The standard InChI is InChI=1S/C29H29N7O2S/c1-16-11-25(36(3)4)20-13-19(8-9-22(20)30-16)33-28(37)24-15-27(35-29(34-24)39-6)32-18-7-10-23-21(14-18)26(38-5)12-17(2)31-23/h7-15H,1-6H3,(H,33,37)(H,32,34,35). The average molecular weight is 540 g/mol. The fraction of sp³-hybridized carbons (Fsp3) is 0.207. The minimum atomic E-state index is -0.332. The molecule has 0 fully saturated rings. The number of hydrogen-bond acceptors (Lipinski definition) is 9. The Bertz CT molecular complexity index is 1720. The molecule has 5 rings (SSSR count). The fourth-order valence-electron chi connectivity index (χ4n) is 4.39. The van der Waals surface area contributed by atoms with Crippen molar-refractivity contribution >= 4 is 62.4 Å². The van der Waals surface area contributed by atoms with Gasteiger partial charge in [-0.2, -0.15) is 0 Å². The number of nitrogens with zero attached hydrogens (tertiary/aromatic N) is 5. The maximum atomic E-state index is 13.3. The predicted molar refractivity (Wildman–Crippen MR) is 159 cm³/mol. The van der Waals surface area contributed by atoms with Gasteiger partial charge in [0.2, 0.25) is 0 Å². The van der Waals surface area contributed by atoms with Crippen LogP contribution in [0.5, 0.6) is 5.75 Å². The van der Waals surface area contributed by atoms with E-state index in [1.807, 2.05) is 87.6 Å². The molecule has 3 aromatic heterocycles. The molecule has 0 bridgehead atoms. The first-order chi connectivity index (χ1) is 18.7. The number of carbonyl (C=O) groups is 1. The molecular weight excluding hydrogens is 510 g/mol. The molecule has 198 valence electrons. The topological polar surface area (TPSA) is 105 Å². The molecule has 0 aliphatic carbocycles. The van der Waals surface area contributed by atoms with Crippen LogP contribution in [0.4, 0.5) is 22.9 Å². The third-order valence-electron chi connectivity index (χ3n) is 6.17. The molecule has 0 saturated heterocycles. The number of aryl methyl sites for hydroxylation is 2. The molecule has 5 aromatic rings. The van der Waals surface area contributed by atoms with Crippen molar-refractivity contribution in [2.45, 2.75) is 19.0 Å². The second kappa shape index (κ2) is 10.7. The highest BCUT2D eigenvalue weighted by molar-refractivity contribution is 7.98. The van der Waals surface area contributed by atoms with Crippen LogP contribution in [0.15, 0.2) is 59.8 Å². The van der Waals surface area contributed by atoms with Crippen LogP contribution in [0.2, 0.25) is 0 Å². The minimum absolute atomic E-state index is 0.252. The van der Waals surface area contributed by atoms with Crippen molar-refractivity contribution in [3.05, 3.63) is 71.7 Å². The second-order valence-electron chi connectivity index (χ2n) is 9.31. The number of pyridine rings is 2. The number of anilines is 4. The van der Waals surface area contributed by atoms with Crippen LogP contribution in [0.3, 0.4) is 0 Å². The quantitative estimate of drug-likeness (QED) is 0.191. The molecule has 39 heavy (non-hydrogen) atoms. The van der Waals surface area contributed by atoms with E-state index < -0.39 is 0 Å². The summed E-state index contributed by atoms with van der Waals surface area (Å²) in [6, 6.07) is 17.1. The van der Waals surface area contributed by atoms with Gasteiger partial charge in [-0.05, 0) is 62.6 Å². The number of rotatable bonds is 7. The van der Waals surface area contributed by atoms with Gasteiger partial charge in [0.15, 0.2) is 5.16 Å². The van der Waals surface area contributed by atoms with Crippen LogP contribution in [-0.4, -0.2) is 53.3 Å².